The summed E-state index contributed by atoms with van der Waals surface area (Å²) in [5.74, 6) is 0.683. The predicted molar refractivity (Wildman–Crippen MR) is 97.5 cm³/mol. The van der Waals surface area contributed by atoms with Gasteiger partial charge in [-0.25, -0.2) is 0 Å². The van der Waals surface area contributed by atoms with Gasteiger partial charge in [0.25, 0.3) is 0 Å². The van der Waals surface area contributed by atoms with Crippen molar-refractivity contribution in [2.75, 3.05) is 13.1 Å². The average molecular weight is 335 g/mol. The molecule has 1 aliphatic heterocycles. The summed E-state index contributed by atoms with van der Waals surface area (Å²) >= 11 is 0. The molecule has 4 heteroatoms. The maximum absolute atomic E-state index is 12.7. The molecule has 2 aromatic rings. The number of aromatic nitrogens is 2. The molecule has 4 nitrogen and oxygen atoms in total. The number of likely N-dealkylation sites (tertiary alicyclic amines) is 1. The summed E-state index contributed by atoms with van der Waals surface area (Å²) in [5.41, 5.74) is 6.12. The second-order valence-corrected chi connectivity index (χ2v) is 7.37. The first kappa shape index (κ1) is 16.2. The predicted octanol–water partition coefficient (Wildman–Crippen LogP) is 3.22. The number of benzene rings is 1. The molecule has 1 aromatic heterocycles. The van der Waals surface area contributed by atoms with Gasteiger partial charge in [-0.05, 0) is 55.7 Å². The normalized spacial score (nSPS) is 17.6. The van der Waals surface area contributed by atoms with Gasteiger partial charge in [0.15, 0.2) is 0 Å². The fraction of sp³-hybridized carbons (Fsp3) is 0.476. The first-order chi connectivity index (χ1) is 12.2. The number of rotatable bonds is 3. The lowest BCUT2D eigenvalue weighted by Gasteiger charge is -2.31. The number of fused-ring (bicyclic) bond motifs is 1. The second-order valence-electron chi connectivity index (χ2n) is 7.37. The number of piperidine rings is 1. The topological polar surface area (TPSA) is 46.1 Å². The standard InChI is InChI=1S/C21H25N3O/c1-15-13-22-14-20(23-15)18-7-9-24(10-8-18)21(25)12-16-5-6-17-3-2-4-19(17)11-16/h5-6,11,13-14,18H,2-4,7-10,12H2,1H3. The van der Waals surface area contributed by atoms with Gasteiger partial charge in [-0.2, -0.15) is 0 Å². The highest BCUT2D eigenvalue weighted by Crippen LogP contribution is 2.27. The van der Waals surface area contributed by atoms with Crippen LogP contribution in [0, 0.1) is 6.92 Å². The summed E-state index contributed by atoms with van der Waals surface area (Å²) in [4.78, 5) is 23.5. The van der Waals surface area contributed by atoms with E-state index in [0.717, 1.165) is 42.9 Å². The molecule has 2 aliphatic rings. The molecule has 1 amide bonds. The molecule has 0 unspecified atom stereocenters. The Kier molecular flexibility index (Phi) is 4.51. The Hall–Kier alpha value is -2.23. The van der Waals surface area contributed by atoms with Gasteiger partial charge >= 0.3 is 0 Å². The van der Waals surface area contributed by atoms with Crippen molar-refractivity contribution in [1.82, 2.24) is 14.9 Å². The Morgan fingerprint density at radius 1 is 1.16 bits per heavy atom. The van der Waals surface area contributed by atoms with Gasteiger partial charge in [0.2, 0.25) is 5.91 Å². The average Bonchev–Trinajstić information content (AvgIpc) is 3.09. The van der Waals surface area contributed by atoms with Crippen molar-refractivity contribution in [3.63, 3.8) is 0 Å². The van der Waals surface area contributed by atoms with Crippen LogP contribution in [0.3, 0.4) is 0 Å². The Labute approximate surface area is 149 Å². The maximum Gasteiger partial charge on any atom is 0.226 e. The molecule has 2 heterocycles. The van der Waals surface area contributed by atoms with E-state index >= 15 is 0 Å². The van der Waals surface area contributed by atoms with Crippen molar-refractivity contribution in [1.29, 1.82) is 0 Å². The molecule has 1 aromatic carbocycles. The van der Waals surface area contributed by atoms with Crippen LogP contribution in [0.25, 0.3) is 0 Å². The summed E-state index contributed by atoms with van der Waals surface area (Å²) in [6.07, 6.45) is 9.77. The monoisotopic (exact) mass is 335 g/mol. The molecular weight excluding hydrogens is 310 g/mol. The van der Waals surface area contributed by atoms with Crippen molar-refractivity contribution in [2.24, 2.45) is 0 Å². The van der Waals surface area contributed by atoms with Crippen molar-refractivity contribution in [2.45, 2.75) is 51.4 Å². The molecular formula is C21H25N3O. The van der Waals surface area contributed by atoms with E-state index < -0.39 is 0 Å². The van der Waals surface area contributed by atoms with Crippen LogP contribution in [0.1, 0.15) is 53.3 Å². The molecule has 0 radical (unpaired) electrons. The minimum Gasteiger partial charge on any atom is -0.342 e. The molecule has 4 rings (SSSR count). The van der Waals surface area contributed by atoms with Gasteiger partial charge in [0.05, 0.1) is 17.8 Å². The zero-order valence-electron chi connectivity index (χ0n) is 14.9. The Bertz CT molecular complexity index is 778. The van der Waals surface area contributed by atoms with Gasteiger partial charge in [-0.15, -0.1) is 0 Å². The Morgan fingerprint density at radius 2 is 1.96 bits per heavy atom. The molecule has 1 fully saturated rings. The lowest BCUT2D eigenvalue weighted by Crippen LogP contribution is -2.39. The number of hydrogen-bond acceptors (Lipinski definition) is 3. The Morgan fingerprint density at radius 3 is 2.76 bits per heavy atom. The number of carbonyl (C=O) groups excluding carboxylic acids is 1. The van der Waals surface area contributed by atoms with Gasteiger partial charge in [-0.3, -0.25) is 14.8 Å². The van der Waals surface area contributed by atoms with Gasteiger partial charge in [0, 0.05) is 31.4 Å². The van der Waals surface area contributed by atoms with Gasteiger partial charge < -0.3 is 4.90 Å². The maximum atomic E-state index is 12.7. The van der Waals surface area contributed by atoms with E-state index in [0.29, 0.717) is 12.3 Å². The minimum absolute atomic E-state index is 0.256. The van der Waals surface area contributed by atoms with E-state index in [1.165, 1.54) is 30.4 Å². The third kappa shape index (κ3) is 3.58. The van der Waals surface area contributed by atoms with Crippen molar-refractivity contribution < 1.29 is 4.79 Å². The number of amides is 1. The highest BCUT2D eigenvalue weighted by molar-refractivity contribution is 5.79. The minimum atomic E-state index is 0.256. The van der Waals surface area contributed by atoms with Crippen LogP contribution in [0.5, 0.6) is 0 Å². The van der Waals surface area contributed by atoms with Gasteiger partial charge in [0.1, 0.15) is 0 Å². The lowest BCUT2D eigenvalue weighted by atomic mass is 9.93. The first-order valence-corrected chi connectivity index (χ1v) is 9.36. The van der Waals surface area contributed by atoms with Crippen LogP contribution in [0.4, 0.5) is 0 Å². The van der Waals surface area contributed by atoms with E-state index in [1.807, 2.05) is 18.0 Å². The largest absolute Gasteiger partial charge is 0.342 e. The van der Waals surface area contributed by atoms with Crippen LogP contribution in [0.15, 0.2) is 30.6 Å². The summed E-state index contributed by atoms with van der Waals surface area (Å²) in [7, 11) is 0. The number of nitrogens with zero attached hydrogens (tertiary/aromatic N) is 3. The molecule has 0 spiro atoms. The molecule has 0 atom stereocenters. The number of hydrogen-bond donors (Lipinski definition) is 0. The summed E-state index contributed by atoms with van der Waals surface area (Å²) in [6, 6.07) is 6.60. The SMILES string of the molecule is Cc1cncc(C2CCN(C(=O)Cc3ccc4c(c3)CCC4)CC2)n1. The summed E-state index contributed by atoms with van der Waals surface area (Å²) in [6.45, 7) is 3.62. The summed E-state index contributed by atoms with van der Waals surface area (Å²) in [5, 5.41) is 0. The fourth-order valence-corrected chi connectivity index (χ4v) is 4.13. The molecule has 1 saturated heterocycles. The first-order valence-electron chi connectivity index (χ1n) is 9.36. The molecule has 0 bridgehead atoms. The van der Waals surface area contributed by atoms with E-state index in [-0.39, 0.29) is 5.91 Å². The van der Waals surface area contributed by atoms with Crippen LogP contribution in [0.2, 0.25) is 0 Å². The molecule has 25 heavy (non-hydrogen) atoms. The van der Waals surface area contributed by atoms with Crippen LogP contribution < -0.4 is 0 Å². The highest BCUT2D eigenvalue weighted by Gasteiger charge is 2.25. The third-order valence-electron chi connectivity index (χ3n) is 5.56. The molecule has 0 saturated carbocycles. The number of aryl methyl sites for hydroxylation is 3. The molecule has 1 aliphatic carbocycles. The third-order valence-corrected chi connectivity index (χ3v) is 5.56. The van der Waals surface area contributed by atoms with Crippen molar-refractivity contribution >= 4 is 5.91 Å². The summed E-state index contributed by atoms with van der Waals surface area (Å²) < 4.78 is 0. The van der Waals surface area contributed by atoms with E-state index in [1.54, 1.807) is 6.20 Å². The zero-order chi connectivity index (χ0) is 17.2. The highest BCUT2D eigenvalue weighted by atomic mass is 16.2. The lowest BCUT2D eigenvalue weighted by molar-refractivity contribution is -0.131. The number of carbonyl (C=O) groups is 1. The Balaban J connectivity index is 1.35. The second kappa shape index (κ2) is 6.95. The smallest absolute Gasteiger partial charge is 0.226 e. The van der Waals surface area contributed by atoms with Crippen LogP contribution >= 0.6 is 0 Å². The van der Waals surface area contributed by atoms with Crippen molar-refractivity contribution in [3.8, 4) is 0 Å². The van der Waals surface area contributed by atoms with Crippen LogP contribution in [-0.4, -0.2) is 33.9 Å². The van der Waals surface area contributed by atoms with Crippen molar-refractivity contribution in [3.05, 3.63) is 58.7 Å². The quantitative estimate of drug-likeness (QED) is 0.865. The zero-order valence-corrected chi connectivity index (χ0v) is 14.9. The van der Waals surface area contributed by atoms with E-state index in [2.05, 4.69) is 28.2 Å². The fourth-order valence-electron chi connectivity index (χ4n) is 4.13. The van der Waals surface area contributed by atoms with Crippen LogP contribution in [-0.2, 0) is 24.1 Å². The molecule has 0 N–H and O–H groups in total. The van der Waals surface area contributed by atoms with E-state index in [4.69, 9.17) is 0 Å². The molecule has 130 valence electrons. The van der Waals surface area contributed by atoms with Gasteiger partial charge in [-0.1, -0.05) is 18.2 Å². The van der Waals surface area contributed by atoms with E-state index in [9.17, 15) is 4.79 Å².